The Labute approximate surface area is 103 Å². The van der Waals surface area contributed by atoms with Crippen molar-refractivity contribution in [2.75, 3.05) is 25.6 Å². The lowest BCUT2D eigenvalue weighted by Gasteiger charge is -2.17. The molecule has 8 heteroatoms. The summed E-state index contributed by atoms with van der Waals surface area (Å²) in [6.45, 7) is 0.705. The highest BCUT2D eigenvalue weighted by molar-refractivity contribution is 5.27. The Bertz CT molecular complexity index is 366. The van der Waals surface area contributed by atoms with Crippen LogP contribution in [0.1, 0.15) is 12.1 Å². The van der Waals surface area contributed by atoms with Crippen molar-refractivity contribution >= 4 is 5.95 Å². The monoisotopic (exact) mass is 264 g/mol. The van der Waals surface area contributed by atoms with Crippen LogP contribution in [0, 0.1) is 0 Å². The van der Waals surface area contributed by atoms with Crippen molar-refractivity contribution in [3.63, 3.8) is 0 Å². The van der Waals surface area contributed by atoms with Crippen LogP contribution < -0.4 is 11.1 Å². The molecule has 0 saturated carbocycles. The Morgan fingerprint density at radius 2 is 2.22 bits per heavy atom. The second-order valence-electron chi connectivity index (χ2n) is 3.64. The topological polar surface area (TPSA) is 73.1 Å². The van der Waals surface area contributed by atoms with Crippen LogP contribution in [0.5, 0.6) is 0 Å². The Balaban J connectivity index is 2.77. The Kier molecular flexibility index (Phi) is 5.29. The molecule has 1 heterocycles. The predicted molar refractivity (Wildman–Crippen MR) is 60.0 cm³/mol. The lowest BCUT2D eigenvalue weighted by molar-refractivity contribution is -0.141. The molecular formula is C10H15F3N4O. The van der Waals surface area contributed by atoms with Crippen molar-refractivity contribution in [1.82, 2.24) is 9.97 Å². The van der Waals surface area contributed by atoms with Gasteiger partial charge in [0.15, 0.2) is 0 Å². The number of nitrogens with one attached hydrogen (secondary N) is 1. The van der Waals surface area contributed by atoms with Gasteiger partial charge in [0.05, 0.1) is 12.6 Å². The van der Waals surface area contributed by atoms with Gasteiger partial charge in [0.1, 0.15) is 5.69 Å². The van der Waals surface area contributed by atoms with Gasteiger partial charge in [-0.3, -0.25) is 0 Å². The summed E-state index contributed by atoms with van der Waals surface area (Å²) < 4.78 is 42.2. The number of methoxy groups -OCH3 is 1. The number of anilines is 1. The molecule has 0 saturated heterocycles. The maximum atomic E-state index is 12.4. The third kappa shape index (κ3) is 4.46. The fourth-order valence-corrected chi connectivity index (χ4v) is 1.37. The summed E-state index contributed by atoms with van der Waals surface area (Å²) in [6, 6.07) is 0.600. The molecule has 0 aliphatic carbocycles. The molecule has 1 aromatic heterocycles. The number of rotatable bonds is 6. The molecular weight excluding hydrogens is 249 g/mol. The number of nitrogens with zero attached hydrogens (tertiary/aromatic N) is 2. The highest BCUT2D eigenvalue weighted by Gasteiger charge is 2.32. The quantitative estimate of drug-likeness (QED) is 0.809. The van der Waals surface area contributed by atoms with E-state index >= 15 is 0 Å². The summed E-state index contributed by atoms with van der Waals surface area (Å²) in [5.41, 5.74) is 4.41. The SMILES string of the molecule is COCC(CCN)Nc1nccc(C(F)(F)F)n1. The lowest BCUT2D eigenvalue weighted by atomic mass is 10.2. The molecule has 1 aromatic rings. The zero-order valence-electron chi connectivity index (χ0n) is 9.87. The second-order valence-corrected chi connectivity index (χ2v) is 3.64. The standard InChI is InChI=1S/C10H15F3N4O/c1-18-6-7(2-4-14)16-9-15-5-3-8(17-9)10(11,12)13/h3,5,7H,2,4,6,14H2,1H3,(H,15,16,17). The van der Waals surface area contributed by atoms with Gasteiger partial charge in [-0.15, -0.1) is 0 Å². The zero-order valence-corrected chi connectivity index (χ0v) is 9.87. The van der Waals surface area contributed by atoms with Crippen LogP contribution in [-0.2, 0) is 10.9 Å². The van der Waals surface area contributed by atoms with E-state index in [1.165, 1.54) is 7.11 Å². The molecule has 1 unspecified atom stereocenters. The van der Waals surface area contributed by atoms with E-state index in [1.54, 1.807) is 0 Å². The van der Waals surface area contributed by atoms with Crippen LogP contribution >= 0.6 is 0 Å². The number of alkyl halides is 3. The predicted octanol–water partition coefficient (Wildman–Crippen LogP) is 1.27. The summed E-state index contributed by atoms with van der Waals surface area (Å²) in [4.78, 5) is 7.14. The van der Waals surface area contributed by atoms with Crippen molar-refractivity contribution in [3.8, 4) is 0 Å². The van der Waals surface area contributed by atoms with Crippen LogP contribution in [0.2, 0.25) is 0 Å². The number of hydrogen-bond acceptors (Lipinski definition) is 5. The van der Waals surface area contributed by atoms with E-state index in [-0.39, 0.29) is 12.0 Å². The van der Waals surface area contributed by atoms with E-state index in [0.29, 0.717) is 19.6 Å². The van der Waals surface area contributed by atoms with E-state index in [0.717, 1.165) is 12.3 Å². The van der Waals surface area contributed by atoms with Crippen molar-refractivity contribution in [3.05, 3.63) is 18.0 Å². The summed E-state index contributed by atoms with van der Waals surface area (Å²) in [7, 11) is 1.50. The Hall–Kier alpha value is -1.41. The van der Waals surface area contributed by atoms with Gasteiger partial charge in [-0.2, -0.15) is 13.2 Å². The zero-order chi connectivity index (χ0) is 13.6. The highest BCUT2D eigenvalue weighted by Crippen LogP contribution is 2.27. The van der Waals surface area contributed by atoms with Crippen molar-refractivity contribution < 1.29 is 17.9 Å². The van der Waals surface area contributed by atoms with Gasteiger partial charge in [-0.05, 0) is 19.0 Å². The first-order valence-corrected chi connectivity index (χ1v) is 5.33. The Morgan fingerprint density at radius 3 is 2.78 bits per heavy atom. The first-order valence-electron chi connectivity index (χ1n) is 5.33. The molecule has 18 heavy (non-hydrogen) atoms. The molecule has 0 bridgehead atoms. The number of halogens is 3. The first kappa shape index (κ1) is 14.7. The number of aromatic nitrogens is 2. The van der Waals surface area contributed by atoms with E-state index in [2.05, 4.69) is 15.3 Å². The van der Waals surface area contributed by atoms with Gasteiger partial charge in [-0.1, -0.05) is 0 Å². The molecule has 1 rings (SSSR count). The minimum atomic E-state index is -4.48. The van der Waals surface area contributed by atoms with Crippen molar-refractivity contribution in [2.24, 2.45) is 5.73 Å². The molecule has 0 spiro atoms. The average Bonchev–Trinajstić information content (AvgIpc) is 2.29. The first-order chi connectivity index (χ1) is 8.47. The molecule has 3 N–H and O–H groups in total. The molecule has 0 radical (unpaired) electrons. The van der Waals surface area contributed by atoms with Crippen LogP contribution in [0.25, 0.3) is 0 Å². The van der Waals surface area contributed by atoms with Crippen LogP contribution in [0.4, 0.5) is 19.1 Å². The molecule has 0 amide bonds. The van der Waals surface area contributed by atoms with E-state index in [4.69, 9.17) is 10.5 Å². The normalized spacial score (nSPS) is 13.4. The van der Waals surface area contributed by atoms with Gasteiger partial charge in [-0.25, -0.2) is 9.97 Å². The molecule has 0 aromatic carbocycles. The number of ether oxygens (including phenoxy) is 1. The maximum Gasteiger partial charge on any atom is 0.433 e. The smallest absolute Gasteiger partial charge is 0.383 e. The molecule has 0 aliphatic heterocycles. The molecule has 1 atom stereocenters. The van der Waals surface area contributed by atoms with Gasteiger partial charge in [0, 0.05) is 13.3 Å². The van der Waals surface area contributed by atoms with E-state index in [9.17, 15) is 13.2 Å². The van der Waals surface area contributed by atoms with Crippen molar-refractivity contribution in [2.45, 2.75) is 18.6 Å². The summed E-state index contributed by atoms with van der Waals surface area (Å²) in [6.07, 6.45) is -2.87. The minimum Gasteiger partial charge on any atom is -0.383 e. The summed E-state index contributed by atoms with van der Waals surface area (Å²) in [5.74, 6) is -0.0830. The van der Waals surface area contributed by atoms with Gasteiger partial charge in [0.25, 0.3) is 0 Å². The molecule has 102 valence electrons. The third-order valence-electron chi connectivity index (χ3n) is 2.16. The number of hydrogen-bond donors (Lipinski definition) is 2. The fraction of sp³-hybridized carbons (Fsp3) is 0.600. The minimum absolute atomic E-state index is 0.0830. The Morgan fingerprint density at radius 1 is 1.50 bits per heavy atom. The molecule has 0 aliphatic rings. The largest absolute Gasteiger partial charge is 0.433 e. The third-order valence-corrected chi connectivity index (χ3v) is 2.16. The lowest BCUT2D eigenvalue weighted by Crippen LogP contribution is -2.29. The highest BCUT2D eigenvalue weighted by atomic mass is 19.4. The maximum absolute atomic E-state index is 12.4. The van der Waals surface area contributed by atoms with E-state index in [1.807, 2.05) is 0 Å². The van der Waals surface area contributed by atoms with Crippen LogP contribution in [0.3, 0.4) is 0 Å². The van der Waals surface area contributed by atoms with Crippen LogP contribution in [0.15, 0.2) is 12.3 Å². The van der Waals surface area contributed by atoms with Gasteiger partial charge < -0.3 is 15.8 Å². The summed E-state index contributed by atoms with van der Waals surface area (Å²) in [5, 5.41) is 2.77. The average molecular weight is 264 g/mol. The fourth-order valence-electron chi connectivity index (χ4n) is 1.37. The van der Waals surface area contributed by atoms with Crippen molar-refractivity contribution in [1.29, 1.82) is 0 Å². The van der Waals surface area contributed by atoms with Crippen LogP contribution in [-0.4, -0.2) is 36.3 Å². The van der Waals surface area contributed by atoms with Gasteiger partial charge in [0.2, 0.25) is 5.95 Å². The second kappa shape index (κ2) is 6.50. The molecule has 5 nitrogen and oxygen atoms in total. The molecule has 0 fully saturated rings. The van der Waals surface area contributed by atoms with Gasteiger partial charge >= 0.3 is 6.18 Å². The van der Waals surface area contributed by atoms with E-state index < -0.39 is 11.9 Å². The number of nitrogens with two attached hydrogens (primary N) is 1. The summed E-state index contributed by atoms with van der Waals surface area (Å²) >= 11 is 0.